The van der Waals surface area contributed by atoms with Crippen LogP contribution in [-0.2, 0) is 11.3 Å². The predicted octanol–water partition coefficient (Wildman–Crippen LogP) is 4.87. The molecule has 0 unspecified atom stereocenters. The highest BCUT2D eigenvalue weighted by atomic mass is 32.2. The van der Waals surface area contributed by atoms with E-state index in [-0.39, 0.29) is 11.7 Å². The molecule has 4 aromatic rings. The minimum atomic E-state index is -0.0895. The molecule has 0 atom stereocenters. The zero-order valence-electron chi connectivity index (χ0n) is 19.4. The van der Waals surface area contributed by atoms with Crippen LogP contribution in [0.3, 0.4) is 0 Å². The highest BCUT2D eigenvalue weighted by Gasteiger charge is 2.20. The van der Waals surface area contributed by atoms with Crippen molar-refractivity contribution in [3.63, 3.8) is 0 Å². The van der Waals surface area contributed by atoms with Crippen molar-refractivity contribution >= 4 is 17.7 Å². The van der Waals surface area contributed by atoms with Gasteiger partial charge in [0.2, 0.25) is 5.91 Å². The molecule has 0 saturated heterocycles. The summed E-state index contributed by atoms with van der Waals surface area (Å²) in [5.41, 5.74) is 3.92. The molecule has 0 bridgehead atoms. The number of amides is 1. The number of nitrogens with zero attached hydrogens (tertiary/aromatic N) is 4. The molecule has 2 heterocycles. The van der Waals surface area contributed by atoms with E-state index in [1.165, 1.54) is 17.3 Å². The second-order valence-electron chi connectivity index (χ2n) is 7.97. The van der Waals surface area contributed by atoms with E-state index >= 15 is 0 Å². The summed E-state index contributed by atoms with van der Waals surface area (Å²) in [6.45, 7) is 4.71. The zero-order chi connectivity index (χ0) is 23.9. The topological polar surface area (TPSA) is 81.9 Å². The first-order valence-electron chi connectivity index (χ1n) is 11.1. The first kappa shape index (κ1) is 23.5. The number of thioether (sulfide) groups is 1. The number of benzene rings is 2. The molecule has 34 heavy (non-hydrogen) atoms. The fourth-order valence-electron chi connectivity index (χ4n) is 3.56. The van der Waals surface area contributed by atoms with Crippen LogP contribution in [0, 0.1) is 0 Å². The molecule has 1 N–H and O–H groups in total. The number of hydrogen-bond acceptors (Lipinski definition) is 6. The van der Waals surface area contributed by atoms with Crippen molar-refractivity contribution in [2.45, 2.75) is 31.5 Å². The molecule has 1 amide bonds. The summed E-state index contributed by atoms with van der Waals surface area (Å²) < 4.78 is 7.34. The Kier molecular flexibility index (Phi) is 7.59. The lowest BCUT2D eigenvalue weighted by atomic mass is 10.0. The monoisotopic (exact) mass is 473 g/mol. The Bertz CT molecular complexity index is 1240. The van der Waals surface area contributed by atoms with Crippen molar-refractivity contribution in [2.75, 3.05) is 12.9 Å². The van der Waals surface area contributed by atoms with Gasteiger partial charge in [-0.25, -0.2) is 0 Å². The Balaban J connectivity index is 1.62. The highest BCUT2D eigenvalue weighted by molar-refractivity contribution is 7.99. The van der Waals surface area contributed by atoms with Gasteiger partial charge in [-0.1, -0.05) is 49.9 Å². The van der Waals surface area contributed by atoms with Gasteiger partial charge in [-0.05, 0) is 53.9 Å². The van der Waals surface area contributed by atoms with Crippen LogP contribution >= 0.6 is 11.8 Å². The Morgan fingerprint density at radius 2 is 1.79 bits per heavy atom. The normalized spacial score (nSPS) is 10.9. The zero-order valence-corrected chi connectivity index (χ0v) is 20.2. The maximum absolute atomic E-state index is 12.5. The SMILES string of the molecule is COc1ccc(-c2nnc(SCC(=O)NCc3ccccn3)n2-c2ccccc2C(C)C)cc1. The van der Waals surface area contributed by atoms with Crippen molar-refractivity contribution in [3.05, 3.63) is 84.2 Å². The molecule has 0 aliphatic heterocycles. The third-order valence-electron chi connectivity index (χ3n) is 5.31. The highest BCUT2D eigenvalue weighted by Crippen LogP contribution is 2.32. The molecular formula is C26H27N5O2S. The largest absolute Gasteiger partial charge is 0.497 e. The van der Waals surface area contributed by atoms with E-state index < -0.39 is 0 Å². The molecular weight excluding hydrogens is 446 g/mol. The maximum atomic E-state index is 12.5. The van der Waals surface area contributed by atoms with Crippen LogP contribution in [0.25, 0.3) is 17.1 Å². The molecule has 2 aromatic carbocycles. The summed E-state index contributed by atoms with van der Waals surface area (Å²) in [6.07, 6.45) is 1.71. The Morgan fingerprint density at radius 3 is 2.50 bits per heavy atom. The van der Waals surface area contributed by atoms with Crippen LogP contribution in [0.4, 0.5) is 0 Å². The quantitative estimate of drug-likeness (QED) is 0.349. The van der Waals surface area contributed by atoms with E-state index in [1.54, 1.807) is 13.3 Å². The third-order valence-corrected chi connectivity index (χ3v) is 6.24. The molecule has 0 fully saturated rings. The van der Waals surface area contributed by atoms with Crippen molar-refractivity contribution in [2.24, 2.45) is 0 Å². The second kappa shape index (κ2) is 11.0. The number of ether oxygens (including phenoxy) is 1. The second-order valence-corrected chi connectivity index (χ2v) is 8.91. The lowest BCUT2D eigenvalue weighted by molar-refractivity contribution is -0.118. The van der Waals surface area contributed by atoms with Gasteiger partial charge >= 0.3 is 0 Å². The number of hydrogen-bond donors (Lipinski definition) is 1. The lowest BCUT2D eigenvalue weighted by Gasteiger charge is -2.17. The van der Waals surface area contributed by atoms with Crippen molar-refractivity contribution in [3.8, 4) is 22.8 Å². The minimum Gasteiger partial charge on any atom is -0.497 e. The molecule has 0 aliphatic carbocycles. The predicted molar refractivity (Wildman–Crippen MR) is 134 cm³/mol. The fourth-order valence-corrected chi connectivity index (χ4v) is 4.33. The molecule has 0 spiro atoms. The number of aromatic nitrogens is 4. The van der Waals surface area contributed by atoms with Gasteiger partial charge in [0.1, 0.15) is 5.75 Å². The van der Waals surface area contributed by atoms with Gasteiger partial charge in [0.25, 0.3) is 0 Å². The van der Waals surface area contributed by atoms with Crippen LogP contribution in [0.2, 0.25) is 0 Å². The first-order valence-corrected chi connectivity index (χ1v) is 12.0. The summed E-state index contributed by atoms with van der Waals surface area (Å²) in [7, 11) is 1.64. The first-order chi connectivity index (χ1) is 16.6. The smallest absolute Gasteiger partial charge is 0.230 e. The van der Waals surface area contributed by atoms with E-state index in [9.17, 15) is 4.79 Å². The molecule has 0 aliphatic rings. The number of rotatable bonds is 9. The van der Waals surface area contributed by atoms with Crippen molar-refractivity contribution in [1.82, 2.24) is 25.1 Å². The Morgan fingerprint density at radius 1 is 1.03 bits per heavy atom. The van der Waals surface area contributed by atoms with Gasteiger partial charge < -0.3 is 10.1 Å². The Hall–Kier alpha value is -3.65. The fraction of sp³-hybridized carbons (Fsp3) is 0.231. The van der Waals surface area contributed by atoms with Crippen LogP contribution in [-0.4, -0.2) is 38.5 Å². The molecule has 8 heteroatoms. The van der Waals surface area contributed by atoms with Crippen molar-refractivity contribution in [1.29, 1.82) is 0 Å². The van der Waals surface area contributed by atoms with Gasteiger partial charge in [0.05, 0.1) is 30.8 Å². The van der Waals surface area contributed by atoms with Gasteiger partial charge in [-0.3, -0.25) is 14.3 Å². The maximum Gasteiger partial charge on any atom is 0.230 e. The molecule has 4 rings (SSSR count). The number of para-hydroxylation sites is 1. The van der Waals surface area contributed by atoms with Crippen LogP contribution < -0.4 is 10.1 Å². The number of carbonyl (C=O) groups is 1. The summed E-state index contributed by atoms with van der Waals surface area (Å²) >= 11 is 1.36. The van der Waals surface area contributed by atoms with E-state index in [0.29, 0.717) is 23.4 Å². The summed E-state index contributed by atoms with van der Waals surface area (Å²) in [5, 5.41) is 12.5. The van der Waals surface area contributed by atoms with Crippen LogP contribution in [0.5, 0.6) is 5.75 Å². The average Bonchev–Trinajstić information content (AvgIpc) is 3.30. The summed E-state index contributed by atoms with van der Waals surface area (Å²) in [5.74, 6) is 1.93. The third kappa shape index (κ3) is 5.46. The molecule has 174 valence electrons. The molecule has 0 radical (unpaired) electrons. The lowest BCUT2D eigenvalue weighted by Crippen LogP contribution is -2.25. The summed E-state index contributed by atoms with van der Waals surface area (Å²) in [6, 6.07) is 21.6. The number of methoxy groups -OCH3 is 1. The molecule has 2 aromatic heterocycles. The number of pyridine rings is 1. The van der Waals surface area contributed by atoms with Crippen LogP contribution in [0.15, 0.2) is 78.1 Å². The number of carbonyl (C=O) groups excluding carboxylic acids is 1. The van der Waals surface area contributed by atoms with Gasteiger partial charge in [0.15, 0.2) is 11.0 Å². The van der Waals surface area contributed by atoms with Gasteiger partial charge in [0, 0.05) is 11.8 Å². The van der Waals surface area contributed by atoms with Crippen molar-refractivity contribution < 1.29 is 9.53 Å². The Labute approximate surface area is 203 Å². The van der Waals surface area contributed by atoms with E-state index in [4.69, 9.17) is 4.74 Å². The molecule has 0 saturated carbocycles. The van der Waals surface area contributed by atoms with E-state index in [2.05, 4.69) is 46.5 Å². The van der Waals surface area contributed by atoms with E-state index in [1.807, 2.05) is 59.2 Å². The van der Waals surface area contributed by atoms with E-state index in [0.717, 1.165) is 22.7 Å². The number of nitrogens with one attached hydrogen (secondary N) is 1. The van der Waals surface area contributed by atoms with Crippen LogP contribution in [0.1, 0.15) is 31.0 Å². The standard InChI is InChI=1S/C26H27N5O2S/c1-18(2)22-9-4-5-10-23(22)31-25(19-11-13-21(33-3)14-12-19)29-30-26(31)34-17-24(32)28-16-20-8-6-7-15-27-20/h4-15,18H,16-17H2,1-3H3,(H,28,32). The van der Waals surface area contributed by atoms with Gasteiger partial charge in [-0.2, -0.15) is 0 Å². The molecule has 7 nitrogen and oxygen atoms in total. The van der Waals surface area contributed by atoms with Gasteiger partial charge in [-0.15, -0.1) is 10.2 Å². The summed E-state index contributed by atoms with van der Waals surface area (Å²) in [4.78, 5) is 16.8. The minimum absolute atomic E-state index is 0.0895. The average molecular weight is 474 g/mol.